The highest BCUT2D eigenvalue weighted by Crippen LogP contribution is 2.39. The maximum Gasteiger partial charge on any atom is 0.274 e. The van der Waals surface area contributed by atoms with Gasteiger partial charge in [0.25, 0.3) is 5.91 Å². The second-order valence-electron chi connectivity index (χ2n) is 6.93. The third kappa shape index (κ3) is 4.02. The van der Waals surface area contributed by atoms with Gasteiger partial charge in [-0.3, -0.25) is 9.89 Å². The van der Waals surface area contributed by atoms with Crippen LogP contribution in [0.15, 0.2) is 66.7 Å². The van der Waals surface area contributed by atoms with E-state index in [1.165, 1.54) is 18.4 Å². The summed E-state index contributed by atoms with van der Waals surface area (Å²) < 4.78 is 0. The third-order valence-electron chi connectivity index (χ3n) is 4.85. The number of carbonyl (C=O) groups is 1. The summed E-state index contributed by atoms with van der Waals surface area (Å²) in [5, 5.41) is 7.32. The second-order valence-corrected chi connectivity index (χ2v) is 6.93. The minimum Gasteiger partial charge on any atom is -0.333 e. The summed E-state index contributed by atoms with van der Waals surface area (Å²) in [4.78, 5) is 15.0. The van der Waals surface area contributed by atoms with Crippen LogP contribution in [0.3, 0.4) is 0 Å². The lowest BCUT2D eigenvalue weighted by Gasteiger charge is -2.22. The van der Waals surface area contributed by atoms with Crippen LogP contribution in [-0.2, 0) is 13.0 Å². The Morgan fingerprint density at radius 1 is 1.00 bits per heavy atom. The Kier molecular flexibility index (Phi) is 4.82. The van der Waals surface area contributed by atoms with Crippen LogP contribution in [0.25, 0.3) is 0 Å². The minimum atomic E-state index is -0.00654. The monoisotopic (exact) mass is 345 g/mol. The molecule has 1 fully saturated rings. The van der Waals surface area contributed by atoms with Gasteiger partial charge in [0.05, 0.1) is 0 Å². The van der Waals surface area contributed by atoms with Crippen molar-refractivity contribution in [1.29, 1.82) is 0 Å². The van der Waals surface area contributed by atoms with Crippen molar-refractivity contribution in [3.63, 3.8) is 0 Å². The Morgan fingerprint density at radius 2 is 1.65 bits per heavy atom. The number of hydrogen-bond donors (Lipinski definition) is 1. The van der Waals surface area contributed by atoms with Crippen molar-refractivity contribution in [3.8, 4) is 0 Å². The largest absolute Gasteiger partial charge is 0.333 e. The molecule has 26 heavy (non-hydrogen) atoms. The molecule has 1 amide bonds. The summed E-state index contributed by atoms with van der Waals surface area (Å²) in [6.45, 7) is 1.27. The van der Waals surface area contributed by atoms with Crippen LogP contribution in [0.5, 0.6) is 0 Å². The summed E-state index contributed by atoms with van der Waals surface area (Å²) in [5.41, 5.74) is 3.98. The van der Waals surface area contributed by atoms with Gasteiger partial charge in [-0.1, -0.05) is 60.7 Å². The summed E-state index contributed by atoms with van der Waals surface area (Å²) >= 11 is 0. The Hall–Kier alpha value is -2.88. The van der Waals surface area contributed by atoms with E-state index in [1.807, 2.05) is 47.4 Å². The zero-order chi connectivity index (χ0) is 17.8. The lowest BCUT2D eigenvalue weighted by Crippen LogP contribution is -2.32. The number of nitrogens with zero attached hydrogens (tertiary/aromatic N) is 2. The van der Waals surface area contributed by atoms with E-state index in [4.69, 9.17) is 0 Å². The van der Waals surface area contributed by atoms with E-state index in [2.05, 4.69) is 34.5 Å². The molecule has 0 unspecified atom stereocenters. The lowest BCUT2D eigenvalue weighted by molar-refractivity contribution is 0.0739. The fourth-order valence-corrected chi connectivity index (χ4v) is 3.18. The molecule has 4 heteroatoms. The van der Waals surface area contributed by atoms with Crippen LogP contribution >= 0.6 is 0 Å². The van der Waals surface area contributed by atoms with Crippen LogP contribution in [0, 0.1) is 0 Å². The molecule has 0 saturated heterocycles. The van der Waals surface area contributed by atoms with Crippen molar-refractivity contribution in [2.24, 2.45) is 0 Å². The topological polar surface area (TPSA) is 49.0 Å². The first-order valence-corrected chi connectivity index (χ1v) is 9.22. The predicted molar refractivity (Wildman–Crippen MR) is 102 cm³/mol. The van der Waals surface area contributed by atoms with Crippen molar-refractivity contribution in [2.75, 3.05) is 6.54 Å². The Labute approximate surface area is 153 Å². The summed E-state index contributed by atoms with van der Waals surface area (Å²) in [6, 6.07) is 22.4. The summed E-state index contributed by atoms with van der Waals surface area (Å²) in [6.07, 6.45) is 3.22. The van der Waals surface area contributed by atoms with Gasteiger partial charge in [0.1, 0.15) is 5.69 Å². The van der Waals surface area contributed by atoms with Gasteiger partial charge in [-0.05, 0) is 36.5 Å². The standard InChI is InChI=1S/C22H23N3O/c26-22(21-15-20(23-24-21)19-11-12-19)25(16-18-9-5-2-6-10-18)14-13-17-7-3-1-4-8-17/h1-10,15,19H,11-14,16H2,(H,23,24). The smallest absolute Gasteiger partial charge is 0.274 e. The normalized spacial score (nSPS) is 13.5. The van der Waals surface area contributed by atoms with E-state index in [1.54, 1.807) is 0 Å². The first kappa shape index (κ1) is 16.6. The molecule has 1 aliphatic rings. The van der Waals surface area contributed by atoms with Gasteiger partial charge in [-0.2, -0.15) is 5.10 Å². The Balaban J connectivity index is 1.51. The minimum absolute atomic E-state index is 0.00654. The maximum atomic E-state index is 13.1. The molecule has 0 aliphatic heterocycles. The summed E-state index contributed by atoms with van der Waals surface area (Å²) in [5.74, 6) is 0.559. The molecular formula is C22H23N3O. The highest BCUT2D eigenvalue weighted by atomic mass is 16.2. The number of hydrogen-bond acceptors (Lipinski definition) is 2. The number of rotatable bonds is 7. The van der Waals surface area contributed by atoms with Crippen LogP contribution in [-0.4, -0.2) is 27.5 Å². The number of nitrogens with one attached hydrogen (secondary N) is 1. The molecule has 2 aromatic carbocycles. The van der Waals surface area contributed by atoms with E-state index in [0.29, 0.717) is 24.7 Å². The zero-order valence-electron chi connectivity index (χ0n) is 14.8. The van der Waals surface area contributed by atoms with Crippen molar-refractivity contribution < 1.29 is 4.79 Å². The molecule has 3 aromatic rings. The molecular weight excluding hydrogens is 322 g/mol. The van der Waals surface area contributed by atoms with Crippen LogP contribution in [0.2, 0.25) is 0 Å². The average molecular weight is 345 g/mol. The number of amides is 1. The van der Waals surface area contributed by atoms with E-state index >= 15 is 0 Å². The molecule has 4 nitrogen and oxygen atoms in total. The highest BCUT2D eigenvalue weighted by molar-refractivity contribution is 5.92. The van der Waals surface area contributed by atoms with Crippen LogP contribution in [0.4, 0.5) is 0 Å². The van der Waals surface area contributed by atoms with E-state index < -0.39 is 0 Å². The van der Waals surface area contributed by atoms with Crippen molar-refractivity contribution in [3.05, 3.63) is 89.2 Å². The van der Waals surface area contributed by atoms with Gasteiger partial charge >= 0.3 is 0 Å². The molecule has 0 atom stereocenters. The fourth-order valence-electron chi connectivity index (χ4n) is 3.18. The number of carbonyl (C=O) groups excluding carboxylic acids is 1. The average Bonchev–Trinajstić information content (AvgIpc) is 3.43. The molecule has 1 aromatic heterocycles. The molecule has 0 spiro atoms. The van der Waals surface area contributed by atoms with Crippen molar-refractivity contribution >= 4 is 5.91 Å². The SMILES string of the molecule is O=C(c1cc(C2CC2)[nH]n1)N(CCc1ccccc1)Cc1ccccc1. The number of H-pyrrole nitrogens is 1. The van der Waals surface area contributed by atoms with E-state index in [-0.39, 0.29) is 5.91 Å². The molecule has 0 bridgehead atoms. The van der Waals surface area contributed by atoms with E-state index in [0.717, 1.165) is 17.7 Å². The maximum absolute atomic E-state index is 13.1. The van der Waals surface area contributed by atoms with Crippen molar-refractivity contribution in [1.82, 2.24) is 15.1 Å². The number of aromatic nitrogens is 2. The van der Waals surface area contributed by atoms with Gasteiger partial charge in [-0.15, -0.1) is 0 Å². The van der Waals surface area contributed by atoms with Gasteiger partial charge in [0.15, 0.2) is 0 Å². The number of benzene rings is 2. The Morgan fingerprint density at radius 3 is 2.31 bits per heavy atom. The van der Waals surface area contributed by atoms with Crippen LogP contribution < -0.4 is 0 Å². The molecule has 1 heterocycles. The van der Waals surface area contributed by atoms with Gasteiger partial charge in [0.2, 0.25) is 0 Å². The highest BCUT2D eigenvalue weighted by Gasteiger charge is 2.27. The molecule has 1 N–H and O–H groups in total. The number of aromatic amines is 1. The molecule has 1 saturated carbocycles. The van der Waals surface area contributed by atoms with Gasteiger partial charge in [0, 0.05) is 24.7 Å². The quantitative estimate of drug-likeness (QED) is 0.698. The zero-order valence-corrected chi connectivity index (χ0v) is 14.8. The Bertz CT molecular complexity index is 853. The van der Waals surface area contributed by atoms with Crippen LogP contribution in [0.1, 0.15) is 46.1 Å². The fraction of sp³-hybridized carbons (Fsp3) is 0.273. The van der Waals surface area contributed by atoms with Crippen molar-refractivity contribution in [2.45, 2.75) is 31.7 Å². The van der Waals surface area contributed by atoms with Gasteiger partial charge in [-0.25, -0.2) is 0 Å². The van der Waals surface area contributed by atoms with Gasteiger partial charge < -0.3 is 4.90 Å². The predicted octanol–water partition coefficient (Wildman–Crippen LogP) is 4.17. The summed E-state index contributed by atoms with van der Waals surface area (Å²) in [7, 11) is 0. The lowest BCUT2D eigenvalue weighted by atomic mass is 10.1. The first-order valence-electron chi connectivity index (χ1n) is 9.22. The van der Waals surface area contributed by atoms with E-state index in [9.17, 15) is 4.79 Å². The third-order valence-corrected chi connectivity index (χ3v) is 4.85. The molecule has 132 valence electrons. The molecule has 1 aliphatic carbocycles. The second kappa shape index (κ2) is 7.56. The molecule has 4 rings (SSSR count). The molecule has 0 radical (unpaired) electrons. The first-order chi connectivity index (χ1) is 12.8.